The van der Waals surface area contributed by atoms with Crippen LogP contribution in [0.25, 0.3) is 0 Å². The van der Waals surface area contributed by atoms with E-state index >= 15 is 0 Å². The van der Waals surface area contributed by atoms with Crippen LogP contribution in [0, 0.1) is 0 Å². The molecule has 1 saturated heterocycles. The van der Waals surface area contributed by atoms with Gasteiger partial charge in [-0.3, -0.25) is 9.59 Å². The molecule has 0 spiro atoms. The molecule has 1 fully saturated rings. The minimum Gasteiger partial charge on any atom is -0.481 e. The average molecular weight is 278 g/mol. The summed E-state index contributed by atoms with van der Waals surface area (Å²) in [5.74, 6) is -1.10. The molecule has 1 aliphatic heterocycles. The zero-order valence-electron chi connectivity index (χ0n) is 11.1. The first-order valence-corrected chi connectivity index (χ1v) is 6.51. The number of nitrogens with two attached hydrogens (primary N) is 1. The Labute approximate surface area is 117 Å². The monoisotopic (exact) mass is 278 g/mol. The Bertz CT molecular complexity index is 486. The Morgan fingerprint density at radius 1 is 1.35 bits per heavy atom. The fraction of sp³-hybridized carbons (Fsp3) is 0.429. The summed E-state index contributed by atoms with van der Waals surface area (Å²) in [5.41, 5.74) is 7.01. The summed E-state index contributed by atoms with van der Waals surface area (Å²) in [6.45, 7) is 1.53. The molecule has 20 heavy (non-hydrogen) atoms. The lowest BCUT2D eigenvalue weighted by Gasteiger charge is -2.34. The number of aliphatic carboxylic acids is 1. The maximum atomic E-state index is 12.4. The summed E-state index contributed by atoms with van der Waals surface area (Å²) in [5, 5.41) is 8.90. The zero-order chi connectivity index (χ0) is 14.5. The highest BCUT2D eigenvalue weighted by Gasteiger charge is 2.29. The van der Waals surface area contributed by atoms with Crippen LogP contribution < -0.4 is 5.73 Å². The largest absolute Gasteiger partial charge is 0.481 e. The smallest absolute Gasteiger partial charge is 0.305 e. The summed E-state index contributed by atoms with van der Waals surface area (Å²) >= 11 is 0. The molecule has 6 nitrogen and oxygen atoms in total. The van der Waals surface area contributed by atoms with Gasteiger partial charge in [-0.2, -0.15) is 0 Å². The molecule has 1 aromatic rings. The van der Waals surface area contributed by atoms with Gasteiger partial charge < -0.3 is 20.5 Å². The second kappa shape index (κ2) is 6.49. The Hall–Kier alpha value is -1.92. The van der Waals surface area contributed by atoms with Crippen molar-refractivity contribution < 1.29 is 19.4 Å². The number of morpholine rings is 1. The van der Waals surface area contributed by atoms with Crippen LogP contribution in [0.3, 0.4) is 0 Å². The van der Waals surface area contributed by atoms with Crippen molar-refractivity contribution in [3.05, 3.63) is 35.4 Å². The van der Waals surface area contributed by atoms with Crippen molar-refractivity contribution in [2.24, 2.45) is 5.73 Å². The quantitative estimate of drug-likeness (QED) is 0.834. The van der Waals surface area contributed by atoms with Gasteiger partial charge in [0.05, 0.1) is 25.7 Å². The molecule has 6 heteroatoms. The Morgan fingerprint density at radius 2 is 2.05 bits per heavy atom. The van der Waals surface area contributed by atoms with Gasteiger partial charge in [-0.15, -0.1) is 0 Å². The van der Waals surface area contributed by atoms with Crippen LogP contribution in [0.4, 0.5) is 0 Å². The van der Waals surface area contributed by atoms with Crippen LogP contribution in [-0.2, 0) is 16.1 Å². The van der Waals surface area contributed by atoms with Gasteiger partial charge in [-0.1, -0.05) is 12.1 Å². The highest BCUT2D eigenvalue weighted by Crippen LogP contribution is 2.15. The summed E-state index contributed by atoms with van der Waals surface area (Å²) in [6.07, 6.45) is -0.105. The predicted molar refractivity (Wildman–Crippen MR) is 72.2 cm³/mol. The fourth-order valence-corrected chi connectivity index (χ4v) is 2.24. The van der Waals surface area contributed by atoms with Crippen LogP contribution in [0.5, 0.6) is 0 Å². The second-order valence-electron chi connectivity index (χ2n) is 4.73. The second-order valence-corrected chi connectivity index (χ2v) is 4.73. The van der Waals surface area contributed by atoms with Crippen molar-refractivity contribution >= 4 is 11.9 Å². The highest BCUT2D eigenvalue weighted by molar-refractivity contribution is 5.94. The van der Waals surface area contributed by atoms with E-state index in [1.54, 1.807) is 29.2 Å². The summed E-state index contributed by atoms with van der Waals surface area (Å²) < 4.78 is 5.26. The van der Waals surface area contributed by atoms with Gasteiger partial charge in [0.15, 0.2) is 0 Å². The minimum atomic E-state index is -0.934. The van der Waals surface area contributed by atoms with E-state index in [1.165, 1.54) is 0 Å². The van der Waals surface area contributed by atoms with E-state index in [-0.39, 0.29) is 18.9 Å². The van der Waals surface area contributed by atoms with Gasteiger partial charge in [0.1, 0.15) is 0 Å². The van der Waals surface area contributed by atoms with Gasteiger partial charge in [-0.05, 0) is 17.7 Å². The van der Waals surface area contributed by atoms with Gasteiger partial charge in [0.2, 0.25) is 0 Å². The van der Waals surface area contributed by atoms with Crippen LogP contribution in [0.15, 0.2) is 24.3 Å². The van der Waals surface area contributed by atoms with Crippen molar-refractivity contribution in [3.8, 4) is 0 Å². The molecule has 0 saturated carbocycles. The normalized spacial score (nSPS) is 18.9. The number of carboxylic acid groups (broad SMARTS) is 1. The first-order chi connectivity index (χ1) is 9.61. The van der Waals surface area contributed by atoms with E-state index < -0.39 is 12.0 Å². The Balaban J connectivity index is 2.13. The summed E-state index contributed by atoms with van der Waals surface area (Å²) in [7, 11) is 0. The lowest BCUT2D eigenvalue weighted by molar-refractivity contribution is -0.139. The van der Waals surface area contributed by atoms with Crippen molar-refractivity contribution in [2.75, 3.05) is 19.8 Å². The molecule has 2 rings (SSSR count). The van der Waals surface area contributed by atoms with E-state index in [4.69, 9.17) is 15.6 Å². The summed E-state index contributed by atoms with van der Waals surface area (Å²) in [4.78, 5) is 24.9. The number of amides is 1. The maximum Gasteiger partial charge on any atom is 0.305 e. The number of rotatable bonds is 4. The lowest BCUT2D eigenvalue weighted by Crippen LogP contribution is -2.49. The van der Waals surface area contributed by atoms with Crippen LogP contribution >= 0.6 is 0 Å². The van der Waals surface area contributed by atoms with Gasteiger partial charge in [0, 0.05) is 18.7 Å². The van der Waals surface area contributed by atoms with Gasteiger partial charge in [-0.25, -0.2) is 0 Å². The molecular formula is C14H18N2O4. The topological polar surface area (TPSA) is 92.9 Å². The number of carbonyl (C=O) groups is 2. The lowest BCUT2D eigenvalue weighted by atomic mass is 10.1. The van der Waals surface area contributed by atoms with E-state index in [0.29, 0.717) is 25.3 Å². The number of carbonyl (C=O) groups excluding carboxylic acids is 1. The third-order valence-corrected chi connectivity index (χ3v) is 3.34. The van der Waals surface area contributed by atoms with Crippen molar-refractivity contribution in [2.45, 2.75) is 19.0 Å². The third kappa shape index (κ3) is 3.34. The molecule has 1 atom stereocenters. The SMILES string of the molecule is NCc1ccc(C(=O)N2CCOCC2CC(=O)O)cc1. The molecule has 1 amide bonds. The molecule has 1 unspecified atom stereocenters. The number of benzene rings is 1. The van der Waals surface area contributed by atoms with Gasteiger partial charge in [0.25, 0.3) is 5.91 Å². The average Bonchev–Trinajstić information content (AvgIpc) is 2.46. The number of ether oxygens (including phenoxy) is 1. The molecule has 1 aliphatic rings. The predicted octanol–water partition coefficient (Wildman–Crippen LogP) is 0.461. The van der Waals surface area contributed by atoms with Crippen molar-refractivity contribution in [1.82, 2.24) is 4.90 Å². The van der Waals surface area contributed by atoms with Crippen LogP contribution in [0.2, 0.25) is 0 Å². The molecule has 108 valence electrons. The van der Waals surface area contributed by atoms with E-state index in [1.807, 2.05) is 0 Å². The fourth-order valence-electron chi connectivity index (χ4n) is 2.24. The van der Waals surface area contributed by atoms with Crippen molar-refractivity contribution in [1.29, 1.82) is 0 Å². The molecular weight excluding hydrogens is 260 g/mol. The number of carboxylic acids is 1. The Morgan fingerprint density at radius 3 is 2.65 bits per heavy atom. The Kier molecular flexibility index (Phi) is 4.70. The van der Waals surface area contributed by atoms with E-state index in [9.17, 15) is 9.59 Å². The van der Waals surface area contributed by atoms with Crippen LogP contribution in [-0.4, -0.2) is 47.7 Å². The zero-order valence-corrected chi connectivity index (χ0v) is 11.1. The molecule has 0 aromatic heterocycles. The van der Waals surface area contributed by atoms with Crippen molar-refractivity contribution in [3.63, 3.8) is 0 Å². The van der Waals surface area contributed by atoms with E-state index in [0.717, 1.165) is 5.56 Å². The third-order valence-electron chi connectivity index (χ3n) is 3.34. The summed E-state index contributed by atoms with van der Waals surface area (Å²) in [6, 6.07) is 6.64. The standard InChI is InChI=1S/C14H18N2O4/c15-8-10-1-3-11(4-2-10)14(19)16-5-6-20-9-12(16)7-13(17)18/h1-4,12H,5-9,15H2,(H,17,18). The number of hydrogen-bond acceptors (Lipinski definition) is 4. The van der Waals surface area contributed by atoms with E-state index in [2.05, 4.69) is 0 Å². The molecule has 3 N–H and O–H groups in total. The highest BCUT2D eigenvalue weighted by atomic mass is 16.5. The number of nitrogens with zero attached hydrogens (tertiary/aromatic N) is 1. The minimum absolute atomic E-state index is 0.105. The first-order valence-electron chi connectivity index (χ1n) is 6.51. The van der Waals surface area contributed by atoms with Crippen LogP contribution in [0.1, 0.15) is 22.3 Å². The molecule has 1 aromatic carbocycles. The maximum absolute atomic E-state index is 12.4. The first kappa shape index (κ1) is 14.5. The molecule has 0 aliphatic carbocycles. The van der Waals surface area contributed by atoms with Gasteiger partial charge >= 0.3 is 5.97 Å². The molecule has 0 bridgehead atoms. The molecule has 0 radical (unpaired) electrons. The number of hydrogen-bond donors (Lipinski definition) is 2. The molecule has 1 heterocycles.